The second-order valence-electron chi connectivity index (χ2n) is 10.0. The number of carbonyl (C=O) groups is 2. The molecule has 2 heterocycles. The Kier molecular flexibility index (Phi) is 10.4. The van der Waals surface area contributed by atoms with Gasteiger partial charge >= 0.3 is 18.6 Å². The van der Waals surface area contributed by atoms with Crippen LogP contribution >= 0.6 is 0 Å². The SMILES string of the molecule is COC(=O)C1=C(C)NC(C)=C(C(=O)OCCCN2CCN(c3ccccc3OC)CC2)C1c1ccccc1OC(F)F. The van der Waals surface area contributed by atoms with Crippen molar-refractivity contribution in [1.29, 1.82) is 0 Å². The highest BCUT2D eigenvalue weighted by atomic mass is 19.3. The van der Waals surface area contributed by atoms with Crippen molar-refractivity contribution in [3.63, 3.8) is 0 Å². The van der Waals surface area contributed by atoms with Gasteiger partial charge in [-0.25, -0.2) is 9.59 Å². The van der Waals surface area contributed by atoms with E-state index in [2.05, 4.69) is 21.2 Å². The number of hydrogen-bond acceptors (Lipinski definition) is 9. The third-order valence-corrected chi connectivity index (χ3v) is 7.48. The van der Waals surface area contributed by atoms with Crippen LogP contribution in [0, 0.1) is 0 Å². The lowest BCUT2D eigenvalue weighted by molar-refractivity contribution is -0.139. The summed E-state index contributed by atoms with van der Waals surface area (Å²) in [5.41, 5.74) is 2.46. The molecule has 42 heavy (non-hydrogen) atoms. The molecule has 0 spiro atoms. The lowest BCUT2D eigenvalue weighted by Gasteiger charge is -2.36. The summed E-state index contributed by atoms with van der Waals surface area (Å²) in [6.07, 6.45) is 0.606. The number of nitrogens with one attached hydrogen (secondary N) is 1. The topological polar surface area (TPSA) is 89.6 Å². The number of para-hydroxylation sites is 3. The van der Waals surface area contributed by atoms with Gasteiger partial charge in [-0.05, 0) is 38.5 Å². The third kappa shape index (κ3) is 7.02. The van der Waals surface area contributed by atoms with E-state index < -0.39 is 24.5 Å². The molecule has 0 aromatic heterocycles. The molecule has 0 amide bonds. The number of allylic oxidation sites excluding steroid dienone is 2. The molecular formula is C31H37F2N3O6. The van der Waals surface area contributed by atoms with Gasteiger partial charge in [0.05, 0.1) is 43.6 Å². The van der Waals surface area contributed by atoms with Crippen molar-refractivity contribution < 1.29 is 37.3 Å². The highest BCUT2D eigenvalue weighted by molar-refractivity contribution is 6.00. The Labute approximate surface area is 244 Å². The highest BCUT2D eigenvalue weighted by Gasteiger charge is 2.39. The summed E-state index contributed by atoms with van der Waals surface area (Å²) < 4.78 is 47.4. The van der Waals surface area contributed by atoms with Crippen molar-refractivity contribution >= 4 is 17.6 Å². The minimum atomic E-state index is -3.09. The fourth-order valence-electron chi connectivity index (χ4n) is 5.51. The van der Waals surface area contributed by atoms with Gasteiger partial charge < -0.3 is 29.2 Å². The molecule has 226 valence electrons. The molecular weight excluding hydrogens is 548 g/mol. The standard InChI is InChI=1S/C31H37F2N3O6/c1-20-26(29(37)40-4)28(22-10-5-7-12-24(22)42-31(32)33)27(21(2)34-20)30(38)41-19-9-14-35-15-17-36(18-16-35)23-11-6-8-13-25(23)39-3/h5-8,10-13,28,31,34H,9,14-19H2,1-4H3. The molecule has 1 fully saturated rings. The molecule has 2 aromatic rings. The van der Waals surface area contributed by atoms with Crippen LogP contribution in [0.1, 0.15) is 31.7 Å². The smallest absolute Gasteiger partial charge is 0.387 e. The molecule has 0 radical (unpaired) electrons. The summed E-state index contributed by atoms with van der Waals surface area (Å²) in [7, 11) is 2.89. The van der Waals surface area contributed by atoms with E-state index in [1.165, 1.54) is 13.2 Å². The zero-order valence-electron chi connectivity index (χ0n) is 24.3. The van der Waals surface area contributed by atoms with Crippen LogP contribution in [0.4, 0.5) is 14.5 Å². The van der Waals surface area contributed by atoms with Crippen molar-refractivity contribution in [2.75, 3.05) is 58.5 Å². The molecule has 2 aromatic carbocycles. The number of ether oxygens (including phenoxy) is 4. The maximum absolute atomic E-state index is 13.5. The summed E-state index contributed by atoms with van der Waals surface area (Å²) in [6, 6.07) is 14.1. The Hall–Kier alpha value is -4.12. The zero-order valence-corrected chi connectivity index (χ0v) is 24.3. The Morgan fingerprint density at radius 3 is 2.17 bits per heavy atom. The lowest BCUT2D eigenvalue weighted by Crippen LogP contribution is -2.46. The molecule has 9 nitrogen and oxygen atoms in total. The maximum atomic E-state index is 13.5. The predicted octanol–water partition coefficient (Wildman–Crippen LogP) is 4.46. The van der Waals surface area contributed by atoms with Crippen LogP contribution in [0.5, 0.6) is 11.5 Å². The minimum absolute atomic E-state index is 0.119. The van der Waals surface area contributed by atoms with Crippen molar-refractivity contribution in [3.05, 3.63) is 76.6 Å². The highest BCUT2D eigenvalue weighted by Crippen LogP contribution is 2.43. The number of benzene rings is 2. The summed E-state index contributed by atoms with van der Waals surface area (Å²) in [6.45, 7) is 4.56. The van der Waals surface area contributed by atoms with Crippen LogP contribution in [0.2, 0.25) is 0 Å². The van der Waals surface area contributed by atoms with E-state index in [0.717, 1.165) is 44.2 Å². The van der Waals surface area contributed by atoms with Gasteiger partial charge in [0.25, 0.3) is 0 Å². The van der Waals surface area contributed by atoms with Crippen molar-refractivity contribution in [1.82, 2.24) is 10.2 Å². The summed E-state index contributed by atoms with van der Waals surface area (Å²) >= 11 is 0. The number of rotatable bonds is 11. The summed E-state index contributed by atoms with van der Waals surface area (Å²) in [5.74, 6) is -1.65. The molecule has 2 aliphatic rings. The average molecular weight is 586 g/mol. The first kappa shape index (κ1) is 30.8. The number of dihydropyridines is 1. The van der Waals surface area contributed by atoms with Crippen LogP contribution in [-0.2, 0) is 19.1 Å². The van der Waals surface area contributed by atoms with E-state index in [1.807, 2.05) is 18.2 Å². The summed E-state index contributed by atoms with van der Waals surface area (Å²) in [4.78, 5) is 30.9. The number of nitrogens with zero attached hydrogens (tertiary/aromatic N) is 2. The quantitative estimate of drug-likeness (QED) is 0.303. The fourth-order valence-corrected chi connectivity index (χ4v) is 5.51. The number of carbonyl (C=O) groups excluding carboxylic acids is 2. The molecule has 0 bridgehead atoms. The molecule has 0 saturated carbocycles. The monoisotopic (exact) mass is 585 g/mol. The molecule has 1 saturated heterocycles. The van der Waals surface area contributed by atoms with E-state index in [4.69, 9.17) is 18.9 Å². The molecule has 1 N–H and O–H groups in total. The number of alkyl halides is 2. The maximum Gasteiger partial charge on any atom is 0.387 e. The molecule has 2 aliphatic heterocycles. The van der Waals surface area contributed by atoms with Gasteiger partial charge in [0.2, 0.25) is 0 Å². The molecule has 11 heteroatoms. The molecule has 1 unspecified atom stereocenters. The first-order valence-electron chi connectivity index (χ1n) is 13.8. The zero-order chi connectivity index (χ0) is 30.2. The number of methoxy groups -OCH3 is 2. The van der Waals surface area contributed by atoms with Gasteiger partial charge in [-0.2, -0.15) is 8.78 Å². The minimum Gasteiger partial charge on any atom is -0.495 e. The Morgan fingerprint density at radius 2 is 1.52 bits per heavy atom. The molecule has 4 rings (SSSR count). The largest absolute Gasteiger partial charge is 0.495 e. The Bertz CT molecular complexity index is 1340. The van der Waals surface area contributed by atoms with E-state index in [1.54, 1.807) is 39.2 Å². The fraction of sp³-hybridized carbons (Fsp3) is 0.419. The van der Waals surface area contributed by atoms with Gasteiger partial charge in [0, 0.05) is 49.7 Å². The van der Waals surface area contributed by atoms with Crippen LogP contribution in [0.25, 0.3) is 0 Å². The number of piperazine rings is 1. The lowest BCUT2D eigenvalue weighted by atomic mass is 9.80. The van der Waals surface area contributed by atoms with Crippen LogP contribution in [0.15, 0.2) is 71.1 Å². The number of anilines is 1. The number of hydrogen-bond donors (Lipinski definition) is 1. The predicted molar refractivity (Wildman–Crippen MR) is 154 cm³/mol. The van der Waals surface area contributed by atoms with E-state index in [0.29, 0.717) is 17.8 Å². The number of esters is 2. The average Bonchev–Trinajstić information content (AvgIpc) is 2.98. The van der Waals surface area contributed by atoms with Gasteiger partial charge in [0.15, 0.2) is 0 Å². The van der Waals surface area contributed by atoms with Gasteiger partial charge in [-0.1, -0.05) is 30.3 Å². The van der Waals surface area contributed by atoms with E-state index in [9.17, 15) is 18.4 Å². The Morgan fingerprint density at radius 1 is 0.905 bits per heavy atom. The summed E-state index contributed by atoms with van der Waals surface area (Å²) in [5, 5.41) is 3.05. The van der Waals surface area contributed by atoms with E-state index >= 15 is 0 Å². The van der Waals surface area contributed by atoms with Crippen molar-refractivity contribution in [3.8, 4) is 11.5 Å². The first-order valence-corrected chi connectivity index (χ1v) is 13.8. The van der Waals surface area contributed by atoms with Gasteiger partial charge in [0.1, 0.15) is 11.5 Å². The van der Waals surface area contributed by atoms with Crippen LogP contribution in [0.3, 0.4) is 0 Å². The first-order chi connectivity index (χ1) is 20.2. The second-order valence-corrected chi connectivity index (χ2v) is 10.0. The van der Waals surface area contributed by atoms with Crippen LogP contribution in [-0.4, -0.2) is 77.0 Å². The molecule has 1 atom stereocenters. The second kappa shape index (κ2) is 14.2. The molecule has 0 aliphatic carbocycles. The van der Waals surface area contributed by atoms with Crippen LogP contribution < -0.4 is 19.7 Å². The van der Waals surface area contributed by atoms with Gasteiger partial charge in [-0.15, -0.1) is 0 Å². The third-order valence-electron chi connectivity index (χ3n) is 7.48. The van der Waals surface area contributed by atoms with Crippen molar-refractivity contribution in [2.45, 2.75) is 32.8 Å². The van der Waals surface area contributed by atoms with Gasteiger partial charge in [-0.3, -0.25) is 4.90 Å². The Balaban J connectivity index is 1.41. The number of halogens is 2. The normalized spacial score (nSPS) is 17.7. The van der Waals surface area contributed by atoms with Crippen molar-refractivity contribution in [2.24, 2.45) is 0 Å². The van der Waals surface area contributed by atoms with E-state index in [-0.39, 0.29) is 29.1 Å².